The molecular formula is C10H12F3N3O4. The van der Waals surface area contributed by atoms with E-state index in [1.165, 1.54) is 6.92 Å². The largest absolute Gasteiger partial charge is 0.480 e. The third-order valence-corrected chi connectivity index (χ3v) is 2.13. The van der Waals surface area contributed by atoms with Gasteiger partial charge in [-0.1, -0.05) is 0 Å². The highest BCUT2D eigenvalue weighted by Crippen LogP contribution is 2.31. The summed E-state index contributed by atoms with van der Waals surface area (Å²) >= 11 is 0. The number of carboxylic acids is 1. The summed E-state index contributed by atoms with van der Waals surface area (Å²) in [5.74, 6) is -1.19. The van der Waals surface area contributed by atoms with Crippen LogP contribution < -0.4 is 10.9 Å². The zero-order chi connectivity index (χ0) is 15.3. The van der Waals surface area contributed by atoms with Gasteiger partial charge in [-0.05, 0) is 6.92 Å². The lowest BCUT2D eigenvalue weighted by molar-refractivity contribution is -0.142. The molecule has 0 aromatic carbocycles. The number of ether oxygens (including phenoxy) is 1. The standard InChI is InChI=1S/C10H12F3N3O4/c1-5(3-20-4-7(17)18)15-6-2-14-16-9(19)8(6)10(11,12)13/h2,5H,3-4H2,1H3,(H,17,18)(H2,15,16,19)/t5-/m0/s1. The van der Waals surface area contributed by atoms with Crippen LogP contribution in [0.5, 0.6) is 0 Å². The van der Waals surface area contributed by atoms with E-state index < -0.39 is 41.6 Å². The van der Waals surface area contributed by atoms with Crippen molar-refractivity contribution in [1.82, 2.24) is 10.2 Å². The number of H-pyrrole nitrogens is 1. The third-order valence-electron chi connectivity index (χ3n) is 2.13. The first-order chi connectivity index (χ1) is 9.21. The lowest BCUT2D eigenvalue weighted by Crippen LogP contribution is -2.29. The molecular weight excluding hydrogens is 283 g/mol. The van der Waals surface area contributed by atoms with Crippen molar-refractivity contribution in [2.24, 2.45) is 0 Å². The zero-order valence-corrected chi connectivity index (χ0v) is 10.3. The second-order valence-corrected chi connectivity index (χ2v) is 3.94. The van der Waals surface area contributed by atoms with Crippen molar-refractivity contribution < 1.29 is 27.8 Å². The van der Waals surface area contributed by atoms with Crippen LogP contribution in [0.4, 0.5) is 18.9 Å². The van der Waals surface area contributed by atoms with E-state index in [4.69, 9.17) is 9.84 Å². The first kappa shape index (κ1) is 16.0. The van der Waals surface area contributed by atoms with Crippen LogP contribution in [-0.2, 0) is 15.7 Å². The fourth-order valence-corrected chi connectivity index (χ4v) is 1.42. The number of hydrogen-bond donors (Lipinski definition) is 3. The van der Waals surface area contributed by atoms with Crippen LogP contribution in [0, 0.1) is 0 Å². The summed E-state index contributed by atoms with van der Waals surface area (Å²) in [5.41, 5.74) is -3.24. The molecule has 1 heterocycles. The maximum atomic E-state index is 12.7. The number of carboxylic acid groups (broad SMARTS) is 1. The van der Waals surface area contributed by atoms with Crippen LogP contribution >= 0.6 is 0 Å². The smallest absolute Gasteiger partial charge is 0.423 e. The average Bonchev–Trinajstić information content (AvgIpc) is 2.26. The number of halogens is 3. The summed E-state index contributed by atoms with van der Waals surface area (Å²) in [7, 11) is 0. The lowest BCUT2D eigenvalue weighted by Gasteiger charge is -2.17. The molecule has 7 nitrogen and oxygen atoms in total. The van der Waals surface area contributed by atoms with Crippen molar-refractivity contribution >= 4 is 11.7 Å². The Morgan fingerprint density at radius 1 is 1.60 bits per heavy atom. The second kappa shape index (κ2) is 6.37. The number of aromatic nitrogens is 2. The van der Waals surface area contributed by atoms with Crippen LogP contribution in [0.1, 0.15) is 12.5 Å². The molecule has 10 heteroatoms. The SMILES string of the molecule is C[C@@H](COCC(=O)O)Nc1cn[nH]c(=O)c1C(F)(F)F. The quantitative estimate of drug-likeness (QED) is 0.713. The molecule has 0 unspecified atom stereocenters. The molecule has 20 heavy (non-hydrogen) atoms. The van der Waals surface area contributed by atoms with Crippen LogP contribution in [0.15, 0.2) is 11.0 Å². The first-order valence-corrected chi connectivity index (χ1v) is 5.42. The number of anilines is 1. The molecule has 112 valence electrons. The molecule has 0 aliphatic heterocycles. The number of hydrogen-bond acceptors (Lipinski definition) is 5. The number of nitrogens with one attached hydrogen (secondary N) is 2. The van der Waals surface area contributed by atoms with Crippen molar-refractivity contribution in [3.63, 3.8) is 0 Å². The van der Waals surface area contributed by atoms with E-state index in [-0.39, 0.29) is 6.61 Å². The number of aliphatic carboxylic acids is 1. The van der Waals surface area contributed by atoms with Gasteiger partial charge in [0.15, 0.2) is 0 Å². The zero-order valence-electron chi connectivity index (χ0n) is 10.3. The first-order valence-electron chi connectivity index (χ1n) is 5.42. The van der Waals surface area contributed by atoms with Gasteiger partial charge in [-0.2, -0.15) is 18.3 Å². The van der Waals surface area contributed by atoms with Gasteiger partial charge in [0.05, 0.1) is 18.5 Å². The lowest BCUT2D eigenvalue weighted by atomic mass is 10.2. The summed E-state index contributed by atoms with van der Waals surface area (Å²) in [6, 6.07) is -0.640. The predicted octanol–water partition coefficient (Wildman–Crippen LogP) is 0.690. The molecule has 0 bridgehead atoms. The Bertz CT molecular complexity index is 529. The van der Waals surface area contributed by atoms with E-state index >= 15 is 0 Å². The van der Waals surface area contributed by atoms with Gasteiger partial charge in [0.2, 0.25) is 0 Å². The van der Waals surface area contributed by atoms with Crippen LogP contribution in [0.25, 0.3) is 0 Å². The van der Waals surface area contributed by atoms with E-state index in [0.29, 0.717) is 0 Å². The molecule has 0 amide bonds. The Labute approximate surface area is 110 Å². The van der Waals surface area contributed by atoms with E-state index in [1.807, 2.05) is 0 Å². The van der Waals surface area contributed by atoms with Gasteiger partial charge in [0.1, 0.15) is 12.2 Å². The summed E-state index contributed by atoms with van der Waals surface area (Å²) in [6.07, 6.45) is -4.00. The van der Waals surface area contributed by atoms with Crippen molar-refractivity contribution in [3.8, 4) is 0 Å². The van der Waals surface area contributed by atoms with Crippen molar-refractivity contribution in [2.45, 2.75) is 19.1 Å². The van der Waals surface area contributed by atoms with Crippen molar-refractivity contribution in [3.05, 3.63) is 22.1 Å². The van der Waals surface area contributed by atoms with Crippen molar-refractivity contribution in [2.75, 3.05) is 18.5 Å². The van der Waals surface area contributed by atoms with Gasteiger partial charge in [-0.3, -0.25) is 4.79 Å². The third kappa shape index (κ3) is 4.53. The Kier molecular flexibility index (Phi) is 5.08. The number of nitrogens with zero attached hydrogens (tertiary/aromatic N) is 1. The molecule has 0 saturated carbocycles. The number of alkyl halides is 3. The van der Waals surface area contributed by atoms with Crippen LogP contribution in [0.2, 0.25) is 0 Å². The van der Waals surface area contributed by atoms with E-state index in [0.717, 1.165) is 6.20 Å². The van der Waals surface area contributed by atoms with Gasteiger partial charge in [0.25, 0.3) is 5.56 Å². The Morgan fingerprint density at radius 2 is 2.25 bits per heavy atom. The minimum atomic E-state index is -4.83. The minimum absolute atomic E-state index is 0.142. The minimum Gasteiger partial charge on any atom is -0.480 e. The maximum absolute atomic E-state index is 12.7. The molecule has 0 aliphatic rings. The van der Waals surface area contributed by atoms with Gasteiger partial charge >= 0.3 is 12.1 Å². The Balaban J connectivity index is 2.80. The Hall–Kier alpha value is -2.10. The monoisotopic (exact) mass is 295 g/mol. The summed E-state index contributed by atoms with van der Waals surface area (Å²) in [6.45, 7) is 0.769. The van der Waals surface area contributed by atoms with Gasteiger partial charge in [-0.15, -0.1) is 0 Å². The van der Waals surface area contributed by atoms with Gasteiger partial charge in [0, 0.05) is 6.04 Å². The topological polar surface area (TPSA) is 104 Å². The molecule has 3 N–H and O–H groups in total. The molecule has 0 spiro atoms. The number of aromatic amines is 1. The molecule has 0 aliphatic carbocycles. The molecule has 1 aromatic rings. The summed E-state index contributed by atoms with van der Waals surface area (Å²) in [4.78, 5) is 21.4. The Morgan fingerprint density at radius 3 is 2.80 bits per heavy atom. The van der Waals surface area contributed by atoms with E-state index in [2.05, 4.69) is 10.4 Å². The van der Waals surface area contributed by atoms with Crippen molar-refractivity contribution in [1.29, 1.82) is 0 Å². The fraction of sp³-hybridized carbons (Fsp3) is 0.500. The number of carbonyl (C=O) groups is 1. The fourth-order valence-electron chi connectivity index (χ4n) is 1.42. The van der Waals surface area contributed by atoms with E-state index in [9.17, 15) is 22.8 Å². The highest BCUT2D eigenvalue weighted by molar-refractivity contribution is 5.68. The normalized spacial score (nSPS) is 13.0. The molecule has 1 rings (SSSR count). The highest BCUT2D eigenvalue weighted by atomic mass is 19.4. The molecule has 0 fully saturated rings. The summed E-state index contributed by atoms with van der Waals surface area (Å²) < 4.78 is 42.9. The molecule has 1 atom stereocenters. The summed E-state index contributed by atoms with van der Waals surface area (Å²) in [5, 5.41) is 15.8. The highest BCUT2D eigenvalue weighted by Gasteiger charge is 2.37. The van der Waals surface area contributed by atoms with Gasteiger partial charge < -0.3 is 15.2 Å². The van der Waals surface area contributed by atoms with Crippen LogP contribution in [0.3, 0.4) is 0 Å². The maximum Gasteiger partial charge on any atom is 0.423 e. The van der Waals surface area contributed by atoms with E-state index in [1.54, 1.807) is 5.10 Å². The van der Waals surface area contributed by atoms with Crippen LogP contribution in [-0.4, -0.2) is 40.5 Å². The molecule has 1 aromatic heterocycles. The predicted molar refractivity (Wildman–Crippen MR) is 61.4 cm³/mol. The van der Waals surface area contributed by atoms with Gasteiger partial charge in [-0.25, -0.2) is 9.89 Å². The molecule has 0 radical (unpaired) electrons. The second-order valence-electron chi connectivity index (χ2n) is 3.94. The average molecular weight is 295 g/mol. The number of rotatable bonds is 6. The molecule has 0 saturated heterocycles.